The topological polar surface area (TPSA) is 116 Å². The lowest BCUT2D eigenvalue weighted by atomic mass is 10.2. The number of ether oxygens (including phenoxy) is 3. The maximum atomic E-state index is 12.0. The summed E-state index contributed by atoms with van der Waals surface area (Å²) in [4.78, 5) is 12.0. The van der Waals surface area contributed by atoms with Crippen LogP contribution in [0.4, 0.5) is 0 Å². The van der Waals surface area contributed by atoms with E-state index in [1.807, 2.05) is 48.5 Å². The monoisotopic (exact) mass is 411 g/mol. The molecule has 158 valence electrons. The largest absolute Gasteiger partial charge is 0.489 e. The fourth-order valence-corrected chi connectivity index (χ4v) is 2.35. The molecule has 0 amide bonds. The van der Waals surface area contributed by atoms with Crippen LogP contribution < -0.4 is 10.5 Å². The molecule has 2 aromatic carbocycles. The summed E-state index contributed by atoms with van der Waals surface area (Å²) in [7, 11) is 0. The van der Waals surface area contributed by atoms with Gasteiger partial charge in [0.05, 0.1) is 19.4 Å². The van der Waals surface area contributed by atoms with Crippen molar-refractivity contribution in [2.45, 2.75) is 20.5 Å². The first-order valence-corrected chi connectivity index (χ1v) is 9.42. The van der Waals surface area contributed by atoms with Crippen LogP contribution in [-0.2, 0) is 20.9 Å². The Balaban J connectivity index is 2.10. The van der Waals surface area contributed by atoms with Crippen molar-refractivity contribution in [3.8, 4) is 5.75 Å². The van der Waals surface area contributed by atoms with Crippen LogP contribution in [-0.4, -0.2) is 36.3 Å². The van der Waals surface area contributed by atoms with E-state index < -0.39 is 11.9 Å². The molecule has 2 rings (SSSR count). The lowest BCUT2D eigenvalue weighted by Gasteiger charge is -2.08. The van der Waals surface area contributed by atoms with Gasteiger partial charge in [-0.1, -0.05) is 42.5 Å². The number of rotatable bonds is 10. The predicted molar refractivity (Wildman–Crippen MR) is 114 cm³/mol. The van der Waals surface area contributed by atoms with Crippen LogP contribution >= 0.6 is 0 Å². The third-order valence-corrected chi connectivity index (χ3v) is 3.71. The highest BCUT2D eigenvalue weighted by Crippen LogP contribution is 2.14. The van der Waals surface area contributed by atoms with Gasteiger partial charge in [-0.3, -0.25) is 0 Å². The smallest absolute Gasteiger partial charge is 0.349 e. The number of nitrogens with zero attached hydrogens (tertiary/aromatic N) is 2. The molecule has 0 bridgehead atoms. The highest BCUT2D eigenvalue weighted by molar-refractivity contribution is 6.18. The second-order valence-corrected chi connectivity index (χ2v) is 5.91. The standard InChI is InChI=1S/C22H25N3O5/c1-3-28-21(26)19(22(27)29-4-2)20(23)25-24-14-17-11-8-12-18(13-17)30-15-16-9-6-5-7-10-16/h5-14,26H,3-4,15H2,1-2H3,(H2,23,25). The first kappa shape index (κ1) is 22.5. The minimum Gasteiger partial charge on any atom is -0.489 e. The number of hydrogen-bond donors (Lipinski definition) is 2. The van der Waals surface area contributed by atoms with Crippen LogP contribution in [0, 0.1) is 0 Å². The third-order valence-electron chi connectivity index (χ3n) is 3.71. The Kier molecular flexibility index (Phi) is 8.92. The van der Waals surface area contributed by atoms with Crippen LogP contribution in [0.25, 0.3) is 0 Å². The minimum absolute atomic E-state index is 0.105. The number of carbonyl (C=O) groups excluding carboxylic acids is 1. The van der Waals surface area contributed by atoms with Crippen molar-refractivity contribution in [3.05, 3.63) is 77.2 Å². The van der Waals surface area contributed by atoms with Gasteiger partial charge >= 0.3 is 5.97 Å². The molecule has 0 unspecified atom stereocenters. The number of carbonyl (C=O) groups is 1. The molecule has 0 aromatic heterocycles. The summed E-state index contributed by atoms with van der Waals surface area (Å²) in [6.07, 6.45) is 1.45. The summed E-state index contributed by atoms with van der Waals surface area (Å²) < 4.78 is 15.6. The van der Waals surface area contributed by atoms with Crippen molar-refractivity contribution in [1.29, 1.82) is 0 Å². The molecule has 0 aliphatic rings. The van der Waals surface area contributed by atoms with E-state index in [-0.39, 0.29) is 24.6 Å². The zero-order valence-corrected chi connectivity index (χ0v) is 16.9. The number of nitrogens with two attached hydrogens (primary N) is 1. The Bertz CT molecular complexity index is 923. The molecular weight excluding hydrogens is 386 g/mol. The van der Waals surface area contributed by atoms with Crippen LogP contribution in [0.1, 0.15) is 25.0 Å². The quantitative estimate of drug-likeness (QED) is 0.155. The van der Waals surface area contributed by atoms with E-state index in [0.29, 0.717) is 17.9 Å². The lowest BCUT2D eigenvalue weighted by Crippen LogP contribution is -2.25. The van der Waals surface area contributed by atoms with E-state index in [0.717, 1.165) is 5.56 Å². The van der Waals surface area contributed by atoms with E-state index in [2.05, 4.69) is 10.2 Å². The van der Waals surface area contributed by atoms with Crippen LogP contribution in [0.2, 0.25) is 0 Å². The number of benzene rings is 2. The van der Waals surface area contributed by atoms with Crippen molar-refractivity contribution >= 4 is 18.0 Å². The van der Waals surface area contributed by atoms with E-state index in [1.54, 1.807) is 19.9 Å². The molecule has 30 heavy (non-hydrogen) atoms. The van der Waals surface area contributed by atoms with Crippen LogP contribution in [0.3, 0.4) is 0 Å². The van der Waals surface area contributed by atoms with Crippen LogP contribution in [0.5, 0.6) is 5.75 Å². The molecule has 0 fully saturated rings. The average Bonchev–Trinajstić information content (AvgIpc) is 2.74. The van der Waals surface area contributed by atoms with Crippen molar-refractivity contribution in [2.24, 2.45) is 15.9 Å². The molecule has 8 nitrogen and oxygen atoms in total. The Labute approximate surface area is 175 Å². The minimum atomic E-state index is -0.851. The fourth-order valence-electron chi connectivity index (χ4n) is 2.35. The summed E-state index contributed by atoms with van der Waals surface area (Å²) in [6.45, 7) is 3.97. The van der Waals surface area contributed by atoms with Crippen molar-refractivity contribution in [3.63, 3.8) is 0 Å². The predicted octanol–water partition coefficient (Wildman–Crippen LogP) is 3.33. The van der Waals surface area contributed by atoms with Gasteiger partial charge in [0, 0.05) is 0 Å². The highest BCUT2D eigenvalue weighted by atomic mass is 16.6. The maximum absolute atomic E-state index is 12.0. The number of aliphatic hydroxyl groups is 1. The Morgan fingerprint density at radius 3 is 2.50 bits per heavy atom. The molecule has 0 spiro atoms. The van der Waals surface area contributed by atoms with E-state index in [9.17, 15) is 9.90 Å². The van der Waals surface area contributed by atoms with Gasteiger partial charge in [-0.2, -0.15) is 5.10 Å². The number of hydrogen-bond acceptors (Lipinski definition) is 7. The van der Waals surface area contributed by atoms with E-state index >= 15 is 0 Å². The second kappa shape index (κ2) is 11.9. The van der Waals surface area contributed by atoms with Gasteiger partial charge in [0.2, 0.25) is 0 Å². The summed E-state index contributed by atoms with van der Waals surface area (Å²) in [5.41, 5.74) is 7.19. The normalized spacial score (nSPS) is 12.4. The SMILES string of the molecule is CCOC(=O)C(C(N)=NN=Cc1cccc(OCc2ccccc2)c1)=C(O)OCC. The zero-order chi connectivity index (χ0) is 21.8. The number of aliphatic hydroxyl groups excluding tert-OH is 1. The van der Waals surface area contributed by atoms with Crippen molar-refractivity contribution < 1.29 is 24.1 Å². The molecule has 0 saturated heterocycles. The van der Waals surface area contributed by atoms with Crippen molar-refractivity contribution in [2.75, 3.05) is 13.2 Å². The van der Waals surface area contributed by atoms with Gasteiger partial charge in [0.25, 0.3) is 5.95 Å². The van der Waals surface area contributed by atoms with Gasteiger partial charge in [0.1, 0.15) is 12.4 Å². The summed E-state index contributed by atoms with van der Waals surface area (Å²) >= 11 is 0. The Morgan fingerprint density at radius 1 is 1.07 bits per heavy atom. The Hall–Kier alpha value is -3.81. The lowest BCUT2D eigenvalue weighted by molar-refractivity contribution is -0.138. The van der Waals surface area contributed by atoms with Gasteiger partial charge in [-0.05, 0) is 37.1 Å². The summed E-state index contributed by atoms with van der Waals surface area (Å²) in [5, 5.41) is 17.6. The molecule has 0 aliphatic carbocycles. The van der Waals surface area contributed by atoms with Gasteiger partial charge < -0.3 is 25.1 Å². The van der Waals surface area contributed by atoms with Gasteiger partial charge in [-0.15, -0.1) is 5.10 Å². The highest BCUT2D eigenvalue weighted by Gasteiger charge is 2.22. The molecule has 0 heterocycles. The molecule has 3 N–H and O–H groups in total. The second-order valence-electron chi connectivity index (χ2n) is 5.91. The molecule has 2 aromatic rings. The first-order valence-electron chi connectivity index (χ1n) is 9.42. The Morgan fingerprint density at radius 2 is 1.80 bits per heavy atom. The average molecular weight is 411 g/mol. The zero-order valence-electron chi connectivity index (χ0n) is 16.9. The van der Waals surface area contributed by atoms with Gasteiger partial charge in [0.15, 0.2) is 11.4 Å². The number of esters is 1. The van der Waals surface area contributed by atoms with Crippen LogP contribution in [0.15, 0.2) is 76.3 Å². The van der Waals surface area contributed by atoms with Crippen molar-refractivity contribution in [1.82, 2.24) is 0 Å². The summed E-state index contributed by atoms with van der Waals surface area (Å²) in [6, 6.07) is 17.1. The fraction of sp³-hybridized carbons (Fsp3) is 0.227. The molecule has 0 radical (unpaired) electrons. The van der Waals surface area contributed by atoms with E-state index in [1.165, 1.54) is 6.21 Å². The number of amidine groups is 1. The molecule has 0 atom stereocenters. The summed E-state index contributed by atoms with van der Waals surface area (Å²) in [5.74, 6) is -1.17. The maximum Gasteiger partial charge on any atom is 0.349 e. The van der Waals surface area contributed by atoms with Gasteiger partial charge in [-0.25, -0.2) is 4.79 Å². The third kappa shape index (κ3) is 6.97. The molecule has 0 aliphatic heterocycles. The first-order chi connectivity index (χ1) is 14.5. The van der Waals surface area contributed by atoms with E-state index in [4.69, 9.17) is 19.9 Å². The molecular formula is C22H25N3O5. The molecule has 0 saturated carbocycles. The molecule has 8 heteroatoms.